The van der Waals surface area contributed by atoms with Crippen molar-refractivity contribution >= 4 is 16.9 Å². The van der Waals surface area contributed by atoms with Gasteiger partial charge in [-0.25, -0.2) is 4.98 Å². The second kappa shape index (κ2) is 6.94. The number of rotatable bonds is 4. The quantitative estimate of drug-likeness (QED) is 0.784. The molecule has 1 aliphatic heterocycles. The van der Waals surface area contributed by atoms with E-state index in [1.165, 1.54) is 11.3 Å². The molecule has 0 bridgehead atoms. The summed E-state index contributed by atoms with van der Waals surface area (Å²) in [4.78, 5) is 19.4. The summed E-state index contributed by atoms with van der Waals surface area (Å²) < 4.78 is 1.98. The Balaban J connectivity index is 1.45. The smallest absolute Gasteiger partial charge is 0.245 e. The third kappa shape index (κ3) is 2.89. The molecule has 1 fully saturated rings. The van der Waals surface area contributed by atoms with Gasteiger partial charge >= 0.3 is 0 Å². The summed E-state index contributed by atoms with van der Waals surface area (Å²) in [7, 11) is 0. The maximum absolute atomic E-state index is 13.0. The van der Waals surface area contributed by atoms with Gasteiger partial charge in [0.15, 0.2) is 0 Å². The minimum atomic E-state index is -0.239. The summed E-state index contributed by atoms with van der Waals surface area (Å²) in [5, 5.41) is 7.37. The number of nitrogens with one attached hydrogen (secondary N) is 1. The topological polar surface area (TPSA) is 66.8 Å². The van der Waals surface area contributed by atoms with E-state index in [1.807, 2.05) is 46.9 Å². The molecule has 1 atom stereocenters. The number of imidazole rings is 1. The lowest BCUT2D eigenvalue weighted by Crippen LogP contribution is -2.41. The zero-order chi connectivity index (χ0) is 18.1. The lowest BCUT2D eigenvalue weighted by atomic mass is 9.90. The van der Waals surface area contributed by atoms with Gasteiger partial charge in [-0.15, -0.1) is 0 Å². The monoisotopic (exact) mass is 351 g/mol. The Morgan fingerprint density at radius 1 is 1.31 bits per heavy atom. The lowest BCUT2D eigenvalue weighted by Gasteiger charge is -2.33. The number of aromatic amines is 1. The Morgan fingerprint density at radius 2 is 2.08 bits per heavy atom. The number of hydrogen-bond donors (Lipinski definition) is 1. The van der Waals surface area contributed by atoms with Gasteiger partial charge in [-0.3, -0.25) is 9.89 Å². The summed E-state index contributed by atoms with van der Waals surface area (Å²) in [5.74, 6) is 0.646. The van der Waals surface area contributed by atoms with Crippen LogP contribution in [0.2, 0.25) is 0 Å². The standard InChI is InChI=1S/C20H25N5O/c1-3-15-12-22-23-19(15)16-8-10-24(11-9-16)20(26)14(2)25-13-21-17-6-4-5-7-18(17)25/h4-7,12-14,16H,3,8-11H2,1-2H3,(H,22,23). The number of fused-ring (bicyclic) bond motifs is 1. The summed E-state index contributed by atoms with van der Waals surface area (Å²) >= 11 is 0. The van der Waals surface area contributed by atoms with Crippen LogP contribution in [0.5, 0.6) is 0 Å². The molecule has 0 aliphatic carbocycles. The fourth-order valence-electron chi connectivity index (χ4n) is 4.01. The Labute approximate surface area is 153 Å². The molecule has 26 heavy (non-hydrogen) atoms. The number of benzene rings is 1. The molecule has 1 saturated heterocycles. The first-order valence-corrected chi connectivity index (χ1v) is 9.41. The highest BCUT2D eigenvalue weighted by Gasteiger charge is 2.29. The Kier molecular flexibility index (Phi) is 4.49. The van der Waals surface area contributed by atoms with Crippen LogP contribution in [0.15, 0.2) is 36.8 Å². The molecule has 3 heterocycles. The third-order valence-corrected chi connectivity index (χ3v) is 5.60. The molecule has 1 N–H and O–H groups in total. The van der Waals surface area contributed by atoms with Gasteiger partial charge in [-0.05, 0) is 43.9 Å². The molecule has 0 spiro atoms. The summed E-state index contributed by atoms with van der Waals surface area (Å²) in [6.45, 7) is 5.71. The Bertz CT molecular complexity index is 904. The van der Waals surface area contributed by atoms with E-state index < -0.39 is 0 Å². The zero-order valence-corrected chi connectivity index (χ0v) is 15.4. The number of aryl methyl sites for hydroxylation is 1. The minimum absolute atomic E-state index is 0.173. The van der Waals surface area contributed by atoms with E-state index in [2.05, 4.69) is 22.1 Å². The van der Waals surface area contributed by atoms with Crippen LogP contribution in [0.25, 0.3) is 11.0 Å². The van der Waals surface area contributed by atoms with Crippen molar-refractivity contribution in [1.82, 2.24) is 24.6 Å². The number of piperidine rings is 1. The molecule has 1 aliphatic rings. The van der Waals surface area contributed by atoms with E-state index in [4.69, 9.17) is 0 Å². The first kappa shape index (κ1) is 16.8. The fourth-order valence-corrected chi connectivity index (χ4v) is 4.01. The number of carbonyl (C=O) groups excluding carboxylic acids is 1. The third-order valence-electron chi connectivity index (χ3n) is 5.60. The minimum Gasteiger partial charge on any atom is -0.341 e. The zero-order valence-electron chi connectivity index (χ0n) is 15.4. The van der Waals surface area contributed by atoms with Gasteiger partial charge in [0.05, 0.1) is 23.6 Å². The maximum atomic E-state index is 13.0. The fraction of sp³-hybridized carbons (Fsp3) is 0.450. The Hall–Kier alpha value is -2.63. The van der Waals surface area contributed by atoms with E-state index in [0.29, 0.717) is 5.92 Å². The molecule has 6 heteroatoms. The van der Waals surface area contributed by atoms with E-state index in [-0.39, 0.29) is 11.9 Å². The SMILES string of the molecule is CCc1cn[nH]c1C1CCN(C(=O)C(C)n2cnc3ccccc32)CC1. The number of likely N-dealkylation sites (tertiary alicyclic amines) is 1. The molecule has 0 radical (unpaired) electrons. The summed E-state index contributed by atoms with van der Waals surface area (Å²) in [5.41, 5.74) is 4.49. The molecule has 136 valence electrons. The lowest BCUT2D eigenvalue weighted by molar-refractivity contribution is -0.135. The van der Waals surface area contributed by atoms with Crippen LogP contribution in [-0.4, -0.2) is 43.6 Å². The van der Waals surface area contributed by atoms with E-state index in [9.17, 15) is 4.79 Å². The molecule has 2 aromatic heterocycles. The molecular formula is C20H25N5O. The van der Waals surface area contributed by atoms with Crippen molar-refractivity contribution in [3.05, 3.63) is 48.0 Å². The van der Waals surface area contributed by atoms with Gasteiger partial charge in [0, 0.05) is 24.7 Å². The first-order chi connectivity index (χ1) is 12.7. The second-order valence-corrected chi connectivity index (χ2v) is 7.08. The highest BCUT2D eigenvalue weighted by molar-refractivity contribution is 5.83. The molecule has 6 nitrogen and oxygen atoms in total. The molecule has 4 rings (SSSR count). The second-order valence-electron chi connectivity index (χ2n) is 7.08. The number of amides is 1. The summed E-state index contributed by atoms with van der Waals surface area (Å²) in [6, 6.07) is 7.71. The average molecular weight is 351 g/mol. The number of hydrogen-bond acceptors (Lipinski definition) is 3. The van der Waals surface area contributed by atoms with Crippen LogP contribution in [0.1, 0.15) is 49.9 Å². The van der Waals surface area contributed by atoms with Crippen molar-refractivity contribution in [2.45, 2.75) is 45.1 Å². The molecule has 0 saturated carbocycles. The number of nitrogens with zero attached hydrogens (tertiary/aromatic N) is 4. The number of aromatic nitrogens is 4. The number of para-hydroxylation sites is 2. The van der Waals surface area contributed by atoms with Crippen LogP contribution in [0, 0.1) is 0 Å². The van der Waals surface area contributed by atoms with Gasteiger partial charge < -0.3 is 9.47 Å². The molecule has 1 unspecified atom stereocenters. The van der Waals surface area contributed by atoms with Gasteiger partial charge in [0.2, 0.25) is 5.91 Å². The highest BCUT2D eigenvalue weighted by atomic mass is 16.2. The number of carbonyl (C=O) groups is 1. The van der Waals surface area contributed by atoms with Crippen molar-refractivity contribution in [3.63, 3.8) is 0 Å². The molecule has 3 aromatic rings. The molecule has 1 amide bonds. The normalized spacial score (nSPS) is 16.9. The van der Waals surface area contributed by atoms with Crippen LogP contribution in [0.4, 0.5) is 0 Å². The van der Waals surface area contributed by atoms with Gasteiger partial charge in [-0.2, -0.15) is 5.10 Å². The molecular weight excluding hydrogens is 326 g/mol. The van der Waals surface area contributed by atoms with E-state index in [1.54, 1.807) is 6.33 Å². The molecule has 1 aromatic carbocycles. The van der Waals surface area contributed by atoms with Crippen LogP contribution >= 0.6 is 0 Å². The van der Waals surface area contributed by atoms with Crippen LogP contribution in [0.3, 0.4) is 0 Å². The first-order valence-electron chi connectivity index (χ1n) is 9.41. The largest absolute Gasteiger partial charge is 0.341 e. The van der Waals surface area contributed by atoms with Crippen molar-refractivity contribution in [3.8, 4) is 0 Å². The van der Waals surface area contributed by atoms with Crippen molar-refractivity contribution in [2.24, 2.45) is 0 Å². The van der Waals surface area contributed by atoms with Gasteiger partial charge in [0.1, 0.15) is 6.04 Å². The van der Waals surface area contributed by atoms with Crippen LogP contribution < -0.4 is 0 Å². The van der Waals surface area contributed by atoms with Crippen molar-refractivity contribution in [1.29, 1.82) is 0 Å². The number of H-pyrrole nitrogens is 1. The van der Waals surface area contributed by atoms with Gasteiger partial charge in [-0.1, -0.05) is 19.1 Å². The van der Waals surface area contributed by atoms with Crippen molar-refractivity contribution in [2.75, 3.05) is 13.1 Å². The van der Waals surface area contributed by atoms with Crippen molar-refractivity contribution < 1.29 is 4.79 Å². The predicted octanol–water partition coefficient (Wildman–Crippen LogP) is 3.29. The Morgan fingerprint density at radius 3 is 2.85 bits per heavy atom. The van der Waals surface area contributed by atoms with E-state index >= 15 is 0 Å². The van der Waals surface area contributed by atoms with Crippen LogP contribution in [-0.2, 0) is 11.2 Å². The maximum Gasteiger partial charge on any atom is 0.245 e. The summed E-state index contributed by atoms with van der Waals surface area (Å²) in [6.07, 6.45) is 6.67. The van der Waals surface area contributed by atoms with Gasteiger partial charge in [0.25, 0.3) is 0 Å². The van der Waals surface area contributed by atoms with E-state index in [0.717, 1.165) is 43.4 Å². The highest BCUT2D eigenvalue weighted by Crippen LogP contribution is 2.30. The predicted molar refractivity (Wildman–Crippen MR) is 101 cm³/mol. The average Bonchev–Trinajstić information content (AvgIpc) is 3.33.